The van der Waals surface area contributed by atoms with Crippen molar-refractivity contribution in [1.29, 1.82) is 0 Å². The summed E-state index contributed by atoms with van der Waals surface area (Å²) in [5.74, 6) is 1.14. The Hall–Kier alpha value is -0.350. The fourth-order valence-electron chi connectivity index (χ4n) is 2.05. The van der Waals surface area contributed by atoms with Crippen molar-refractivity contribution < 1.29 is 0 Å². The van der Waals surface area contributed by atoms with Crippen LogP contribution in [0.15, 0.2) is 22.7 Å². The maximum atomic E-state index is 6.18. The van der Waals surface area contributed by atoms with Crippen molar-refractivity contribution >= 4 is 50.7 Å². The van der Waals surface area contributed by atoms with Gasteiger partial charge in [-0.1, -0.05) is 40.9 Å². The molecule has 1 heterocycles. The lowest BCUT2D eigenvalue weighted by atomic mass is 10.1. The molecule has 1 fully saturated rings. The second-order valence-corrected chi connectivity index (χ2v) is 6.75. The van der Waals surface area contributed by atoms with Crippen LogP contribution in [-0.2, 0) is 6.42 Å². The average Bonchev–Trinajstić information content (AvgIpc) is 3.22. The Bertz CT molecular complexity index is 651. The second-order valence-electron chi connectivity index (χ2n) is 4.78. The van der Waals surface area contributed by atoms with Crippen LogP contribution in [0.5, 0.6) is 0 Å². The molecule has 1 aromatic heterocycles. The molecule has 0 N–H and O–H groups in total. The highest BCUT2D eigenvalue weighted by Gasteiger charge is 2.29. The van der Waals surface area contributed by atoms with Gasteiger partial charge in [-0.2, -0.15) is 0 Å². The van der Waals surface area contributed by atoms with Crippen molar-refractivity contribution in [2.45, 2.75) is 25.2 Å². The van der Waals surface area contributed by atoms with Gasteiger partial charge in [-0.3, -0.25) is 0 Å². The number of rotatable bonds is 3. The van der Waals surface area contributed by atoms with Gasteiger partial charge < -0.3 is 0 Å². The quantitative estimate of drug-likeness (QED) is 0.629. The van der Waals surface area contributed by atoms with Gasteiger partial charge >= 0.3 is 0 Å². The Morgan fingerprint density at radius 3 is 2.35 bits per heavy atom. The minimum absolute atomic E-state index is 0.445. The fourth-order valence-corrected chi connectivity index (χ4v) is 3.27. The van der Waals surface area contributed by atoms with Crippen molar-refractivity contribution in [3.05, 3.63) is 55.0 Å². The molecule has 20 heavy (non-hydrogen) atoms. The van der Waals surface area contributed by atoms with Crippen LogP contribution in [0.1, 0.15) is 35.8 Å². The molecule has 0 aliphatic heterocycles. The lowest BCUT2D eigenvalue weighted by molar-refractivity contribution is 0.890. The Morgan fingerprint density at radius 1 is 1.10 bits per heavy atom. The number of nitrogens with zero attached hydrogens (tertiary/aromatic N) is 2. The van der Waals surface area contributed by atoms with E-state index in [0.717, 1.165) is 28.6 Å². The highest BCUT2D eigenvalue weighted by molar-refractivity contribution is 9.10. The standard InChI is InChI=1S/C14H10BrCl3N2/c15-12-13(7-4-5-7)19-11(20-14(12)18)6-8-9(16)2-1-3-10(8)17/h1-3,7H,4-6H2. The zero-order valence-electron chi connectivity index (χ0n) is 10.3. The largest absolute Gasteiger partial charge is 0.236 e. The first kappa shape index (κ1) is 14.6. The number of aromatic nitrogens is 2. The molecule has 0 atom stereocenters. The zero-order valence-corrected chi connectivity index (χ0v) is 14.2. The normalized spacial score (nSPS) is 14.6. The number of hydrogen-bond donors (Lipinski definition) is 0. The summed E-state index contributed by atoms with van der Waals surface area (Å²) in [6, 6.07) is 5.44. The molecule has 6 heteroatoms. The van der Waals surface area contributed by atoms with Crippen molar-refractivity contribution in [1.82, 2.24) is 9.97 Å². The van der Waals surface area contributed by atoms with Crippen LogP contribution in [0.4, 0.5) is 0 Å². The molecule has 0 spiro atoms. The Labute approximate surface area is 140 Å². The highest BCUT2D eigenvalue weighted by Crippen LogP contribution is 2.43. The van der Waals surface area contributed by atoms with E-state index < -0.39 is 0 Å². The topological polar surface area (TPSA) is 25.8 Å². The van der Waals surface area contributed by atoms with Crippen LogP contribution in [0, 0.1) is 0 Å². The van der Waals surface area contributed by atoms with Crippen molar-refractivity contribution in [3.63, 3.8) is 0 Å². The van der Waals surface area contributed by atoms with E-state index in [1.807, 2.05) is 18.2 Å². The van der Waals surface area contributed by atoms with Crippen LogP contribution in [-0.4, -0.2) is 9.97 Å². The second kappa shape index (κ2) is 5.80. The number of benzene rings is 1. The van der Waals surface area contributed by atoms with Gasteiger partial charge in [0.1, 0.15) is 11.0 Å². The minimum atomic E-state index is 0.445. The Morgan fingerprint density at radius 2 is 1.75 bits per heavy atom. The smallest absolute Gasteiger partial charge is 0.147 e. The molecule has 104 valence electrons. The SMILES string of the molecule is Clc1cccc(Cl)c1Cc1nc(Cl)c(Br)c(C2CC2)n1. The van der Waals surface area contributed by atoms with Crippen LogP contribution in [0.25, 0.3) is 0 Å². The highest BCUT2D eigenvalue weighted by atomic mass is 79.9. The van der Waals surface area contributed by atoms with E-state index in [1.54, 1.807) is 0 Å². The summed E-state index contributed by atoms with van der Waals surface area (Å²) >= 11 is 22.0. The first-order valence-corrected chi connectivity index (χ1v) is 8.13. The average molecular weight is 393 g/mol. The molecule has 0 bridgehead atoms. The first-order chi connectivity index (χ1) is 9.56. The lowest BCUT2D eigenvalue weighted by Gasteiger charge is -2.09. The Balaban J connectivity index is 1.99. The molecule has 1 saturated carbocycles. The summed E-state index contributed by atoms with van der Waals surface area (Å²) in [4.78, 5) is 8.92. The fraction of sp³-hybridized carbons (Fsp3) is 0.286. The number of halogens is 4. The molecule has 0 amide bonds. The van der Waals surface area contributed by atoms with Crippen LogP contribution in [0.3, 0.4) is 0 Å². The molecule has 0 radical (unpaired) electrons. The van der Waals surface area contributed by atoms with E-state index in [1.165, 1.54) is 0 Å². The molecule has 1 aliphatic rings. The van der Waals surface area contributed by atoms with Gasteiger partial charge in [0, 0.05) is 22.4 Å². The maximum absolute atomic E-state index is 6.18. The lowest BCUT2D eigenvalue weighted by Crippen LogP contribution is -2.03. The Kier molecular flexibility index (Phi) is 4.23. The third-order valence-corrected chi connectivity index (χ3v) is 5.24. The number of hydrogen-bond acceptors (Lipinski definition) is 2. The van der Waals surface area contributed by atoms with E-state index >= 15 is 0 Å². The molecule has 0 saturated heterocycles. The predicted octanol–water partition coefficient (Wildman–Crippen LogP) is 5.67. The summed E-state index contributed by atoms with van der Waals surface area (Å²) in [6.07, 6.45) is 2.78. The molecule has 2 nitrogen and oxygen atoms in total. The van der Waals surface area contributed by atoms with Crippen LogP contribution in [0.2, 0.25) is 15.2 Å². The van der Waals surface area contributed by atoms with Crippen molar-refractivity contribution in [2.24, 2.45) is 0 Å². The molecule has 2 aromatic rings. The molecule has 3 rings (SSSR count). The summed E-state index contributed by atoms with van der Waals surface area (Å²) in [5.41, 5.74) is 1.82. The monoisotopic (exact) mass is 390 g/mol. The van der Waals surface area contributed by atoms with E-state index in [9.17, 15) is 0 Å². The molecular formula is C14H10BrCl3N2. The van der Waals surface area contributed by atoms with Gasteiger partial charge in [-0.25, -0.2) is 9.97 Å². The minimum Gasteiger partial charge on any atom is -0.236 e. The van der Waals surface area contributed by atoms with Crippen molar-refractivity contribution in [2.75, 3.05) is 0 Å². The summed E-state index contributed by atoms with van der Waals surface area (Å²) in [7, 11) is 0. The third kappa shape index (κ3) is 2.96. The summed E-state index contributed by atoms with van der Waals surface area (Å²) < 4.78 is 0.802. The van der Waals surface area contributed by atoms with E-state index in [4.69, 9.17) is 34.8 Å². The molecular weight excluding hydrogens is 382 g/mol. The first-order valence-electron chi connectivity index (χ1n) is 6.21. The van der Waals surface area contributed by atoms with Crippen LogP contribution < -0.4 is 0 Å². The van der Waals surface area contributed by atoms with E-state index in [2.05, 4.69) is 25.9 Å². The van der Waals surface area contributed by atoms with Gasteiger partial charge in [0.25, 0.3) is 0 Å². The predicted molar refractivity (Wildman–Crippen MR) is 86.0 cm³/mol. The summed E-state index contributed by atoms with van der Waals surface area (Å²) in [5, 5.41) is 1.68. The molecule has 0 unspecified atom stereocenters. The van der Waals surface area contributed by atoms with Gasteiger partial charge in [0.2, 0.25) is 0 Å². The van der Waals surface area contributed by atoms with Gasteiger partial charge in [-0.05, 0) is 46.5 Å². The van der Waals surface area contributed by atoms with Crippen molar-refractivity contribution in [3.8, 4) is 0 Å². The maximum Gasteiger partial charge on any atom is 0.147 e. The van der Waals surface area contributed by atoms with E-state index in [0.29, 0.717) is 33.4 Å². The molecule has 1 aliphatic carbocycles. The van der Waals surface area contributed by atoms with Gasteiger partial charge in [0.05, 0.1) is 10.2 Å². The van der Waals surface area contributed by atoms with Gasteiger partial charge in [0.15, 0.2) is 0 Å². The zero-order chi connectivity index (χ0) is 14.3. The van der Waals surface area contributed by atoms with E-state index in [-0.39, 0.29) is 0 Å². The molecule has 1 aromatic carbocycles. The summed E-state index contributed by atoms with van der Waals surface area (Å²) in [6.45, 7) is 0. The van der Waals surface area contributed by atoms with Crippen LogP contribution >= 0.6 is 50.7 Å². The van der Waals surface area contributed by atoms with Gasteiger partial charge in [-0.15, -0.1) is 0 Å². The third-order valence-electron chi connectivity index (χ3n) is 3.24.